The van der Waals surface area contributed by atoms with E-state index in [2.05, 4.69) is 22.9 Å². The Morgan fingerprint density at radius 3 is 2.50 bits per heavy atom. The van der Waals surface area contributed by atoms with Crippen LogP contribution < -0.4 is 16.0 Å². The number of urea groups is 1. The zero-order chi connectivity index (χ0) is 9.23. The first-order valence-corrected chi connectivity index (χ1v) is 4.47. The molecule has 2 amide bonds. The van der Waals surface area contributed by atoms with Crippen LogP contribution in [0.25, 0.3) is 0 Å². The average Bonchev–Trinajstić information content (AvgIpc) is 2.10. The van der Waals surface area contributed by atoms with Crippen molar-refractivity contribution in [1.82, 2.24) is 16.0 Å². The van der Waals surface area contributed by atoms with Gasteiger partial charge in [-0.2, -0.15) is 0 Å². The quantitative estimate of drug-likeness (QED) is 0.506. The molecule has 4 nitrogen and oxygen atoms in total. The van der Waals surface area contributed by atoms with Crippen molar-refractivity contribution in [1.29, 1.82) is 0 Å². The first-order chi connectivity index (χ1) is 5.81. The molecular formula is C8H19N3O. The van der Waals surface area contributed by atoms with Crippen molar-refractivity contribution in [2.75, 3.05) is 26.7 Å². The molecule has 4 heteroatoms. The summed E-state index contributed by atoms with van der Waals surface area (Å²) in [6, 6.07) is -0.0987. The van der Waals surface area contributed by atoms with E-state index in [0.717, 1.165) is 32.5 Å². The van der Waals surface area contributed by atoms with Crippen LogP contribution in [0.3, 0.4) is 0 Å². The molecule has 0 aromatic heterocycles. The van der Waals surface area contributed by atoms with E-state index in [1.807, 2.05) is 0 Å². The Balaban J connectivity index is 2.95. The normalized spacial score (nSPS) is 9.50. The fraction of sp³-hybridized carbons (Fsp3) is 0.875. The third-order valence-electron chi connectivity index (χ3n) is 1.54. The third-order valence-corrected chi connectivity index (χ3v) is 1.54. The number of hydrogen-bond acceptors (Lipinski definition) is 2. The van der Waals surface area contributed by atoms with Crippen LogP contribution in [0.15, 0.2) is 0 Å². The lowest BCUT2D eigenvalue weighted by Gasteiger charge is -2.03. The predicted octanol–water partition coefficient (Wildman–Crippen LogP) is 0.305. The van der Waals surface area contributed by atoms with Gasteiger partial charge in [0.1, 0.15) is 0 Å². The predicted molar refractivity (Wildman–Crippen MR) is 50.2 cm³/mol. The van der Waals surface area contributed by atoms with Crippen LogP contribution in [0.4, 0.5) is 4.79 Å². The molecule has 0 rings (SSSR count). The number of nitrogens with one attached hydrogen (secondary N) is 3. The molecule has 0 spiro atoms. The first-order valence-electron chi connectivity index (χ1n) is 4.47. The van der Waals surface area contributed by atoms with Crippen LogP contribution in [0.2, 0.25) is 0 Å². The van der Waals surface area contributed by atoms with Crippen molar-refractivity contribution in [2.24, 2.45) is 0 Å². The van der Waals surface area contributed by atoms with Gasteiger partial charge in [-0.25, -0.2) is 4.79 Å². The molecule has 0 aliphatic heterocycles. The number of carbonyl (C=O) groups excluding carboxylic acids is 1. The lowest BCUT2D eigenvalue weighted by molar-refractivity contribution is 0.242. The van der Waals surface area contributed by atoms with E-state index in [1.54, 1.807) is 7.05 Å². The molecule has 0 saturated heterocycles. The second kappa shape index (κ2) is 8.33. The fourth-order valence-electron chi connectivity index (χ4n) is 0.842. The van der Waals surface area contributed by atoms with Gasteiger partial charge < -0.3 is 16.0 Å². The Morgan fingerprint density at radius 1 is 1.25 bits per heavy atom. The maximum Gasteiger partial charge on any atom is 0.314 e. The van der Waals surface area contributed by atoms with Gasteiger partial charge in [0.2, 0.25) is 0 Å². The Hall–Kier alpha value is -0.770. The maximum absolute atomic E-state index is 10.7. The molecule has 0 saturated carbocycles. The number of rotatable bonds is 6. The molecule has 72 valence electrons. The van der Waals surface area contributed by atoms with Gasteiger partial charge >= 0.3 is 6.03 Å². The average molecular weight is 173 g/mol. The first kappa shape index (κ1) is 11.2. The van der Waals surface area contributed by atoms with E-state index in [0.29, 0.717) is 0 Å². The number of hydrogen-bond donors (Lipinski definition) is 3. The molecule has 0 unspecified atom stereocenters. The molecule has 0 atom stereocenters. The summed E-state index contributed by atoms with van der Waals surface area (Å²) in [5.41, 5.74) is 0. The highest BCUT2D eigenvalue weighted by molar-refractivity contribution is 5.73. The van der Waals surface area contributed by atoms with Crippen LogP contribution in [0, 0.1) is 0 Å². The SMILES string of the molecule is CCNCCCCNC(=O)NC. The molecule has 0 radical (unpaired) electrons. The molecule has 0 bridgehead atoms. The second-order valence-electron chi connectivity index (χ2n) is 2.57. The zero-order valence-corrected chi connectivity index (χ0v) is 7.94. The summed E-state index contributed by atoms with van der Waals surface area (Å²) in [6.45, 7) is 4.89. The topological polar surface area (TPSA) is 53.2 Å². The summed E-state index contributed by atoms with van der Waals surface area (Å²) in [6.07, 6.45) is 2.14. The third kappa shape index (κ3) is 7.34. The summed E-state index contributed by atoms with van der Waals surface area (Å²) in [5, 5.41) is 8.45. The van der Waals surface area contributed by atoms with Crippen LogP contribution in [0.5, 0.6) is 0 Å². The van der Waals surface area contributed by atoms with Gasteiger partial charge in [-0.3, -0.25) is 0 Å². The summed E-state index contributed by atoms with van der Waals surface area (Å²) in [5.74, 6) is 0. The summed E-state index contributed by atoms with van der Waals surface area (Å²) >= 11 is 0. The number of amides is 2. The minimum atomic E-state index is -0.0987. The van der Waals surface area contributed by atoms with Crippen LogP contribution in [-0.4, -0.2) is 32.7 Å². The molecule has 0 aliphatic carbocycles. The Bertz CT molecular complexity index is 117. The zero-order valence-electron chi connectivity index (χ0n) is 7.94. The highest BCUT2D eigenvalue weighted by atomic mass is 16.2. The van der Waals surface area contributed by atoms with E-state index in [4.69, 9.17) is 0 Å². The molecule has 0 fully saturated rings. The summed E-state index contributed by atoms with van der Waals surface area (Å²) in [7, 11) is 1.62. The molecule has 0 aromatic carbocycles. The van der Waals surface area contributed by atoms with Crippen molar-refractivity contribution in [2.45, 2.75) is 19.8 Å². The van der Waals surface area contributed by atoms with Gasteiger partial charge in [-0.1, -0.05) is 6.92 Å². The maximum atomic E-state index is 10.7. The second-order valence-corrected chi connectivity index (χ2v) is 2.57. The van der Waals surface area contributed by atoms with E-state index in [1.165, 1.54) is 0 Å². The molecule has 0 heterocycles. The van der Waals surface area contributed by atoms with Gasteiger partial charge in [0.15, 0.2) is 0 Å². The molecular weight excluding hydrogens is 154 g/mol. The highest BCUT2D eigenvalue weighted by Gasteiger charge is 1.93. The molecule has 3 N–H and O–H groups in total. The minimum absolute atomic E-state index is 0.0987. The van der Waals surface area contributed by atoms with Crippen LogP contribution >= 0.6 is 0 Å². The smallest absolute Gasteiger partial charge is 0.314 e. The van der Waals surface area contributed by atoms with Gasteiger partial charge in [0.05, 0.1) is 0 Å². The Labute approximate surface area is 74.1 Å². The van der Waals surface area contributed by atoms with Gasteiger partial charge in [-0.15, -0.1) is 0 Å². The number of unbranched alkanes of at least 4 members (excludes halogenated alkanes) is 1. The summed E-state index contributed by atoms with van der Waals surface area (Å²) in [4.78, 5) is 10.7. The van der Waals surface area contributed by atoms with Crippen molar-refractivity contribution >= 4 is 6.03 Å². The van der Waals surface area contributed by atoms with Crippen LogP contribution in [0.1, 0.15) is 19.8 Å². The van der Waals surface area contributed by atoms with Crippen molar-refractivity contribution < 1.29 is 4.79 Å². The largest absolute Gasteiger partial charge is 0.341 e. The van der Waals surface area contributed by atoms with Gasteiger partial charge in [0, 0.05) is 13.6 Å². The van der Waals surface area contributed by atoms with Crippen molar-refractivity contribution in [3.05, 3.63) is 0 Å². The lowest BCUT2D eigenvalue weighted by Crippen LogP contribution is -2.33. The van der Waals surface area contributed by atoms with E-state index < -0.39 is 0 Å². The standard InChI is InChI=1S/C8H19N3O/c1-3-10-6-4-5-7-11-8(12)9-2/h10H,3-7H2,1-2H3,(H2,9,11,12). The van der Waals surface area contributed by atoms with Gasteiger partial charge in [-0.05, 0) is 25.9 Å². The molecule has 12 heavy (non-hydrogen) atoms. The minimum Gasteiger partial charge on any atom is -0.341 e. The van der Waals surface area contributed by atoms with Crippen molar-refractivity contribution in [3.8, 4) is 0 Å². The lowest BCUT2D eigenvalue weighted by atomic mass is 10.3. The monoisotopic (exact) mass is 173 g/mol. The van der Waals surface area contributed by atoms with E-state index in [9.17, 15) is 4.79 Å². The number of carbonyl (C=O) groups is 1. The van der Waals surface area contributed by atoms with E-state index in [-0.39, 0.29) is 6.03 Å². The molecule has 0 aliphatic rings. The van der Waals surface area contributed by atoms with Gasteiger partial charge in [0.25, 0.3) is 0 Å². The summed E-state index contributed by atoms with van der Waals surface area (Å²) < 4.78 is 0. The fourth-order valence-corrected chi connectivity index (χ4v) is 0.842. The Kier molecular flexibility index (Phi) is 7.79. The Morgan fingerprint density at radius 2 is 1.92 bits per heavy atom. The molecule has 0 aromatic rings. The van der Waals surface area contributed by atoms with Crippen molar-refractivity contribution in [3.63, 3.8) is 0 Å². The van der Waals surface area contributed by atoms with E-state index >= 15 is 0 Å². The van der Waals surface area contributed by atoms with Crippen LogP contribution in [-0.2, 0) is 0 Å². The highest BCUT2D eigenvalue weighted by Crippen LogP contribution is 1.83.